The predicted molar refractivity (Wildman–Crippen MR) is 138 cm³/mol. The van der Waals surface area contributed by atoms with Crippen molar-refractivity contribution >= 4 is 32.7 Å². The lowest BCUT2D eigenvalue weighted by Gasteiger charge is -2.34. The maximum absolute atomic E-state index is 12.9. The monoisotopic (exact) mass is 481 g/mol. The fourth-order valence-electron chi connectivity index (χ4n) is 4.98. The smallest absolute Gasteiger partial charge is 0.224 e. The number of likely N-dealkylation sites (N-methyl/N-ethyl adjacent to an activating group) is 1. The van der Waals surface area contributed by atoms with E-state index in [1.165, 1.54) is 0 Å². The van der Waals surface area contributed by atoms with E-state index >= 15 is 0 Å². The molecule has 2 aliphatic rings. The Morgan fingerprint density at radius 1 is 1.12 bits per heavy atom. The molecular weight excluding hydrogens is 446 g/mol. The summed E-state index contributed by atoms with van der Waals surface area (Å²) in [6.45, 7) is 13.2. The molecule has 34 heavy (non-hydrogen) atoms. The quantitative estimate of drug-likeness (QED) is 0.560. The van der Waals surface area contributed by atoms with Crippen molar-refractivity contribution in [3.8, 4) is 5.69 Å². The molecule has 8 nitrogen and oxygen atoms in total. The van der Waals surface area contributed by atoms with Crippen LogP contribution in [0.15, 0.2) is 30.3 Å². The molecule has 3 aromatic rings. The van der Waals surface area contributed by atoms with Gasteiger partial charge in [0.2, 0.25) is 5.91 Å². The lowest BCUT2D eigenvalue weighted by molar-refractivity contribution is -0.125. The summed E-state index contributed by atoms with van der Waals surface area (Å²) in [7, 11) is 0. The Bertz CT molecular complexity index is 1100. The van der Waals surface area contributed by atoms with Crippen LogP contribution in [0.2, 0.25) is 0 Å². The lowest BCUT2D eigenvalue weighted by atomic mass is 9.97. The molecule has 0 bridgehead atoms. The van der Waals surface area contributed by atoms with Crippen LogP contribution in [0.1, 0.15) is 25.5 Å². The summed E-state index contributed by atoms with van der Waals surface area (Å²) in [5, 5.41) is 8.90. The molecule has 0 spiro atoms. The first-order valence-electron chi connectivity index (χ1n) is 12.5. The van der Waals surface area contributed by atoms with Gasteiger partial charge in [0.05, 0.1) is 22.0 Å². The number of aromatic nitrogens is 3. The molecule has 2 saturated heterocycles. The summed E-state index contributed by atoms with van der Waals surface area (Å²) in [5.41, 5.74) is 2.91. The van der Waals surface area contributed by atoms with Gasteiger partial charge in [-0.05, 0) is 38.4 Å². The van der Waals surface area contributed by atoms with Gasteiger partial charge in [0, 0.05) is 52.4 Å². The highest BCUT2D eigenvalue weighted by Gasteiger charge is 2.28. The lowest BCUT2D eigenvalue weighted by Crippen LogP contribution is -2.49. The molecule has 182 valence electrons. The minimum atomic E-state index is 0.0180. The Morgan fingerprint density at radius 3 is 2.65 bits per heavy atom. The molecule has 0 radical (unpaired) electrons. The second-order valence-corrected chi connectivity index (χ2v) is 10.3. The van der Waals surface area contributed by atoms with Crippen molar-refractivity contribution in [2.75, 3.05) is 63.8 Å². The number of fused-ring (bicyclic) bond motifs is 1. The summed E-state index contributed by atoms with van der Waals surface area (Å²) in [6, 6.07) is 10.1. The second-order valence-electron chi connectivity index (χ2n) is 9.33. The number of piperazine rings is 1. The van der Waals surface area contributed by atoms with E-state index in [0.29, 0.717) is 0 Å². The van der Waals surface area contributed by atoms with E-state index in [9.17, 15) is 4.79 Å². The minimum Gasteiger partial charge on any atom is -0.355 e. The third-order valence-electron chi connectivity index (χ3n) is 7.08. The van der Waals surface area contributed by atoms with E-state index in [-0.39, 0.29) is 11.8 Å². The Balaban J connectivity index is 1.19. The summed E-state index contributed by atoms with van der Waals surface area (Å²) >= 11 is 1.69. The molecule has 1 aromatic carbocycles. The number of amides is 1. The molecule has 5 rings (SSSR count). The molecular formula is C25H35N7OS. The fraction of sp³-hybridized carbons (Fsp3) is 0.560. The summed E-state index contributed by atoms with van der Waals surface area (Å²) in [5.74, 6) is 0.203. The first kappa shape index (κ1) is 23.3. The number of nitrogens with zero attached hydrogens (tertiary/aromatic N) is 6. The van der Waals surface area contributed by atoms with Crippen molar-refractivity contribution in [1.29, 1.82) is 0 Å². The third-order valence-corrected chi connectivity index (χ3v) is 8.29. The van der Waals surface area contributed by atoms with Crippen LogP contribution < -0.4 is 10.2 Å². The van der Waals surface area contributed by atoms with Crippen LogP contribution in [0.25, 0.3) is 16.0 Å². The van der Waals surface area contributed by atoms with Crippen LogP contribution in [-0.2, 0) is 4.79 Å². The summed E-state index contributed by atoms with van der Waals surface area (Å²) in [6.07, 6.45) is 1.95. The predicted octanol–water partition coefficient (Wildman–Crippen LogP) is 2.76. The molecule has 0 unspecified atom stereocenters. The highest BCUT2D eigenvalue weighted by Crippen LogP contribution is 2.34. The van der Waals surface area contributed by atoms with Crippen LogP contribution in [0.3, 0.4) is 0 Å². The van der Waals surface area contributed by atoms with E-state index < -0.39 is 0 Å². The SMILES string of the molecule is CCN1CCN(CCNC(=O)[C@@H]2CCCN(c3nc4c(s3)c(C)nn4-c3ccccc3)C2)CC1. The number of carbonyl (C=O) groups excluding carboxylic acids is 1. The number of para-hydroxylation sites is 1. The normalized spacial score (nSPS) is 20.2. The maximum atomic E-state index is 12.9. The van der Waals surface area contributed by atoms with E-state index in [1.807, 2.05) is 29.8 Å². The average Bonchev–Trinajstić information content (AvgIpc) is 3.45. The first-order valence-corrected chi connectivity index (χ1v) is 13.3. The van der Waals surface area contributed by atoms with Crippen molar-refractivity contribution in [3.05, 3.63) is 36.0 Å². The van der Waals surface area contributed by atoms with Crippen LogP contribution >= 0.6 is 11.3 Å². The van der Waals surface area contributed by atoms with Crippen LogP contribution in [-0.4, -0.2) is 89.4 Å². The highest BCUT2D eigenvalue weighted by atomic mass is 32.1. The number of aryl methyl sites for hydroxylation is 1. The number of nitrogens with one attached hydrogen (secondary N) is 1. The average molecular weight is 482 g/mol. The topological polar surface area (TPSA) is 69.5 Å². The zero-order valence-corrected chi connectivity index (χ0v) is 21.1. The molecule has 0 aliphatic carbocycles. The van der Waals surface area contributed by atoms with Crippen LogP contribution in [0.5, 0.6) is 0 Å². The first-order chi connectivity index (χ1) is 16.6. The van der Waals surface area contributed by atoms with Gasteiger partial charge < -0.3 is 15.1 Å². The second kappa shape index (κ2) is 10.4. The number of piperidine rings is 1. The molecule has 1 atom stereocenters. The fourth-order valence-corrected chi connectivity index (χ4v) is 6.00. The third kappa shape index (κ3) is 4.96. The number of anilines is 1. The Hall–Kier alpha value is -2.49. The number of hydrogen-bond donors (Lipinski definition) is 1. The molecule has 2 aromatic heterocycles. The molecule has 9 heteroatoms. The van der Waals surface area contributed by atoms with E-state index in [1.54, 1.807) is 11.3 Å². The zero-order valence-electron chi connectivity index (χ0n) is 20.2. The van der Waals surface area contributed by atoms with Crippen LogP contribution in [0, 0.1) is 12.8 Å². The number of hydrogen-bond acceptors (Lipinski definition) is 7. The van der Waals surface area contributed by atoms with Gasteiger partial charge in [-0.2, -0.15) is 10.1 Å². The number of rotatable bonds is 7. The van der Waals surface area contributed by atoms with E-state index in [4.69, 9.17) is 10.1 Å². The minimum absolute atomic E-state index is 0.0180. The van der Waals surface area contributed by atoms with Crippen molar-refractivity contribution in [2.45, 2.75) is 26.7 Å². The number of benzene rings is 1. The van der Waals surface area contributed by atoms with Gasteiger partial charge in [-0.3, -0.25) is 9.69 Å². The van der Waals surface area contributed by atoms with Gasteiger partial charge in [0.15, 0.2) is 10.8 Å². The summed E-state index contributed by atoms with van der Waals surface area (Å²) in [4.78, 5) is 25.1. The van der Waals surface area contributed by atoms with Crippen molar-refractivity contribution in [3.63, 3.8) is 0 Å². The molecule has 4 heterocycles. The zero-order chi connectivity index (χ0) is 23.5. The largest absolute Gasteiger partial charge is 0.355 e. The van der Waals surface area contributed by atoms with Crippen LogP contribution in [0.4, 0.5) is 5.13 Å². The standard InChI is InChI=1S/C25H35N7OS/c1-3-29-14-16-30(17-15-29)13-11-26-24(33)20-8-7-12-31(18-20)25-27-23-22(34-25)19(2)28-32(23)21-9-5-4-6-10-21/h4-6,9-10,20H,3,7-8,11-18H2,1-2H3,(H,26,33)/t20-/m1/s1. The maximum Gasteiger partial charge on any atom is 0.224 e. The van der Waals surface area contributed by atoms with Gasteiger partial charge in [0.1, 0.15) is 0 Å². The van der Waals surface area contributed by atoms with Crippen molar-refractivity contribution in [2.24, 2.45) is 5.92 Å². The molecule has 1 amide bonds. The highest BCUT2D eigenvalue weighted by molar-refractivity contribution is 7.22. The molecule has 2 fully saturated rings. The van der Waals surface area contributed by atoms with Gasteiger partial charge in [-0.15, -0.1) is 0 Å². The van der Waals surface area contributed by atoms with Gasteiger partial charge in [0.25, 0.3) is 0 Å². The Kier molecular flexibility index (Phi) is 7.12. The summed E-state index contributed by atoms with van der Waals surface area (Å²) < 4.78 is 3.05. The number of thiazole rings is 1. The molecule has 0 saturated carbocycles. The van der Waals surface area contributed by atoms with Gasteiger partial charge in [-0.1, -0.05) is 36.5 Å². The Labute approximate surface area is 205 Å². The van der Waals surface area contributed by atoms with E-state index in [2.05, 4.69) is 39.1 Å². The van der Waals surface area contributed by atoms with Crippen molar-refractivity contribution in [1.82, 2.24) is 29.9 Å². The number of carbonyl (C=O) groups is 1. The molecule has 2 aliphatic heterocycles. The Morgan fingerprint density at radius 2 is 1.88 bits per heavy atom. The van der Waals surface area contributed by atoms with Gasteiger partial charge in [-0.25, -0.2) is 4.68 Å². The van der Waals surface area contributed by atoms with Gasteiger partial charge >= 0.3 is 0 Å². The molecule has 1 N–H and O–H groups in total. The van der Waals surface area contributed by atoms with Crippen molar-refractivity contribution < 1.29 is 4.79 Å². The van der Waals surface area contributed by atoms with E-state index in [0.717, 1.165) is 98.6 Å².